The molecule has 1 aliphatic rings. The van der Waals surface area contributed by atoms with Gasteiger partial charge in [0, 0.05) is 11.1 Å². The lowest BCUT2D eigenvalue weighted by molar-refractivity contribution is 0.769. The first-order valence-corrected chi connectivity index (χ1v) is 24.3. The van der Waals surface area contributed by atoms with Gasteiger partial charge in [-0.15, -0.1) is 22.7 Å². The van der Waals surface area contributed by atoms with Crippen LogP contribution in [0.2, 0.25) is 0 Å². The molecular weight excluding hydrogens is 849 g/mol. The molecular formula is C63H40N2S2. The first-order valence-electron chi connectivity index (χ1n) is 22.7. The standard InChI is InChI=1S/C63H40N2S2/c1-3-16-51(17-4-1)63(52-18-5-2-6-19-52)55-21-8-7-20-53(55)54-35-34-47(40-56(54)63)45-14-13-15-46(36-45)50-38-48(41-26-30-43(31-27-41)61-64-57-22-9-11-24-59(57)66-61)37-49(39-50)42-28-32-44(33-29-42)62-65-58-23-10-12-25-60(58)67-62/h1-40H. The Hall–Kier alpha value is -8.02. The van der Waals surface area contributed by atoms with Gasteiger partial charge in [-0.3, -0.25) is 0 Å². The van der Waals surface area contributed by atoms with E-state index in [4.69, 9.17) is 9.97 Å². The van der Waals surface area contributed by atoms with Crippen molar-refractivity contribution in [3.63, 3.8) is 0 Å². The zero-order chi connectivity index (χ0) is 44.3. The van der Waals surface area contributed by atoms with Crippen LogP contribution in [0.15, 0.2) is 243 Å². The fourth-order valence-corrected chi connectivity index (χ4v) is 12.2. The second kappa shape index (κ2) is 16.1. The summed E-state index contributed by atoms with van der Waals surface area (Å²) in [6.07, 6.45) is 0. The van der Waals surface area contributed by atoms with Gasteiger partial charge in [-0.25, -0.2) is 9.97 Å². The molecule has 4 heteroatoms. The first kappa shape index (κ1) is 39.4. The number of rotatable bonds is 8. The van der Waals surface area contributed by atoms with E-state index in [9.17, 15) is 0 Å². The molecule has 0 saturated carbocycles. The van der Waals surface area contributed by atoms with Crippen molar-refractivity contribution in [2.45, 2.75) is 5.41 Å². The predicted molar refractivity (Wildman–Crippen MR) is 283 cm³/mol. The predicted octanol–water partition coefficient (Wildman–Crippen LogP) is 17.3. The summed E-state index contributed by atoms with van der Waals surface area (Å²) in [5.41, 5.74) is 20.9. The van der Waals surface area contributed by atoms with Gasteiger partial charge in [-0.2, -0.15) is 0 Å². The fourth-order valence-electron chi connectivity index (χ4n) is 10.2. The number of hydrogen-bond acceptors (Lipinski definition) is 4. The summed E-state index contributed by atoms with van der Waals surface area (Å²) >= 11 is 3.47. The Morgan fingerprint density at radius 3 is 1.22 bits per heavy atom. The summed E-state index contributed by atoms with van der Waals surface area (Å²) in [6.45, 7) is 0. The van der Waals surface area contributed by atoms with Crippen molar-refractivity contribution in [3.05, 3.63) is 265 Å². The van der Waals surface area contributed by atoms with Crippen LogP contribution in [-0.4, -0.2) is 9.97 Å². The molecule has 0 fully saturated rings. The number of thiazole rings is 2. The van der Waals surface area contributed by atoms with Crippen molar-refractivity contribution < 1.29 is 0 Å². The molecule has 1 aliphatic carbocycles. The molecule has 0 amide bonds. The lowest BCUT2D eigenvalue weighted by Crippen LogP contribution is -2.28. The van der Waals surface area contributed by atoms with Crippen molar-refractivity contribution in [2.24, 2.45) is 0 Å². The monoisotopic (exact) mass is 888 g/mol. The molecule has 12 aromatic rings. The van der Waals surface area contributed by atoms with Crippen LogP contribution < -0.4 is 0 Å². The lowest BCUT2D eigenvalue weighted by atomic mass is 9.67. The molecule has 13 rings (SSSR count). The fraction of sp³-hybridized carbons (Fsp3) is 0.0159. The zero-order valence-electron chi connectivity index (χ0n) is 36.3. The van der Waals surface area contributed by atoms with E-state index in [1.54, 1.807) is 22.7 Å². The Kier molecular flexibility index (Phi) is 9.48. The zero-order valence-corrected chi connectivity index (χ0v) is 37.9. The maximum absolute atomic E-state index is 4.95. The van der Waals surface area contributed by atoms with E-state index in [1.807, 2.05) is 0 Å². The maximum Gasteiger partial charge on any atom is 0.124 e. The molecule has 2 heterocycles. The summed E-state index contributed by atoms with van der Waals surface area (Å²) < 4.78 is 2.40. The van der Waals surface area contributed by atoms with E-state index in [0.29, 0.717) is 0 Å². The smallest absolute Gasteiger partial charge is 0.124 e. The molecule has 0 aliphatic heterocycles. The van der Waals surface area contributed by atoms with E-state index in [1.165, 1.54) is 59.5 Å². The largest absolute Gasteiger partial charge is 0.236 e. The molecule has 67 heavy (non-hydrogen) atoms. The summed E-state index contributed by atoms with van der Waals surface area (Å²) in [4.78, 5) is 9.90. The second-order valence-electron chi connectivity index (χ2n) is 17.3. The van der Waals surface area contributed by atoms with Crippen LogP contribution in [0.1, 0.15) is 22.3 Å². The van der Waals surface area contributed by atoms with E-state index >= 15 is 0 Å². The van der Waals surface area contributed by atoms with Crippen molar-refractivity contribution in [2.75, 3.05) is 0 Å². The first-order chi connectivity index (χ1) is 33.2. The van der Waals surface area contributed by atoms with Gasteiger partial charge in [0.05, 0.1) is 25.8 Å². The molecule has 0 saturated heterocycles. The van der Waals surface area contributed by atoms with E-state index in [-0.39, 0.29) is 0 Å². The van der Waals surface area contributed by atoms with Crippen LogP contribution in [0.5, 0.6) is 0 Å². The van der Waals surface area contributed by atoms with E-state index in [2.05, 4.69) is 243 Å². The number of fused-ring (bicyclic) bond motifs is 5. The molecule has 2 nitrogen and oxygen atoms in total. The Balaban J connectivity index is 0.924. The normalized spacial score (nSPS) is 12.6. The van der Waals surface area contributed by atoms with Gasteiger partial charge in [0.15, 0.2) is 0 Å². The summed E-state index contributed by atoms with van der Waals surface area (Å²) in [5, 5.41) is 2.07. The summed E-state index contributed by atoms with van der Waals surface area (Å²) in [5.74, 6) is 0. The van der Waals surface area contributed by atoms with Gasteiger partial charge in [0.1, 0.15) is 10.0 Å². The summed E-state index contributed by atoms with van der Waals surface area (Å²) in [7, 11) is 0. The lowest BCUT2D eigenvalue weighted by Gasteiger charge is -2.34. The number of hydrogen-bond donors (Lipinski definition) is 0. The Labute approximate surface area is 397 Å². The average molecular weight is 889 g/mol. The maximum atomic E-state index is 4.95. The molecule has 314 valence electrons. The molecule has 0 spiro atoms. The highest BCUT2D eigenvalue weighted by Crippen LogP contribution is 2.56. The Morgan fingerprint density at radius 2 is 0.672 bits per heavy atom. The van der Waals surface area contributed by atoms with Gasteiger partial charge in [0.2, 0.25) is 0 Å². The van der Waals surface area contributed by atoms with Gasteiger partial charge in [-0.05, 0) is 132 Å². The van der Waals surface area contributed by atoms with Crippen LogP contribution >= 0.6 is 22.7 Å². The van der Waals surface area contributed by atoms with Crippen LogP contribution in [0.3, 0.4) is 0 Å². The minimum absolute atomic E-state index is 0.462. The highest BCUT2D eigenvalue weighted by molar-refractivity contribution is 7.22. The van der Waals surface area contributed by atoms with Crippen LogP contribution in [0.4, 0.5) is 0 Å². The topological polar surface area (TPSA) is 25.8 Å². The minimum atomic E-state index is -0.462. The Morgan fingerprint density at radius 1 is 0.269 bits per heavy atom. The van der Waals surface area contributed by atoms with Crippen molar-refractivity contribution in [1.82, 2.24) is 9.97 Å². The molecule has 10 aromatic carbocycles. The molecule has 0 bridgehead atoms. The molecule has 0 radical (unpaired) electrons. The SMILES string of the molecule is c1ccc(C2(c3ccccc3)c3ccccc3-c3ccc(-c4cccc(-c5cc(-c6ccc(-c7nc8ccccc8s7)cc6)cc(-c6ccc(-c7nc8ccccc8s7)cc6)c5)c4)cc32)cc1. The van der Waals surface area contributed by atoms with Crippen molar-refractivity contribution in [3.8, 4) is 76.8 Å². The van der Waals surface area contributed by atoms with E-state index in [0.717, 1.165) is 60.0 Å². The van der Waals surface area contributed by atoms with Crippen LogP contribution in [-0.2, 0) is 5.41 Å². The summed E-state index contributed by atoms with van der Waals surface area (Å²) in [6, 6.07) is 88.8. The number of benzene rings is 10. The van der Waals surface area contributed by atoms with E-state index < -0.39 is 5.41 Å². The van der Waals surface area contributed by atoms with Crippen LogP contribution in [0.25, 0.3) is 97.2 Å². The van der Waals surface area contributed by atoms with Gasteiger partial charge < -0.3 is 0 Å². The number of aromatic nitrogens is 2. The molecule has 0 unspecified atom stereocenters. The number of para-hydroxylation sites is 2. The van der Waals surface area contributed by atoms with Gasteiger partial charge >= 0.3 is 0 Å². The number of nitrogens with zero attached hydrogens (tertiary/aromatic N) is 2. The van der Waals surface area contributed by atoms with Crippen molar-refractivity contribution in [1.29, 1.82) is 0 Å². The average Bonchev–Trinajstić information content (AvgIpc) is 4.13. The third-order valence-corrected chi connectivity index (χ3v) is 15.6. The highest BCUT2D eigenvalue weighted by Gasteiger charge is 2.46. The third-order valence-electron chi connectivity index (χ3n) is 13.4. The highest BCUT2D eigenvalue weighted by atomic mass is 32.1. The van der Waals surface area contributed by atoms with Crippen molar-refractivity contribution >= 4 is 43.1 Å². The minimum Gasteiger partial charge on any atom is -0.236 e. The van der Waals surface area contributed by atoms with Gasteiger partial charge in [0.25, 0.3) is 0 Å². The molecule has 2 aromatic heterocycles. The van der Waals surface area contributed by atoms with Gasteiger partial charge in [-0.1, -0.05) is 188 Å². The third kappa shape index (κ3) is 6.76. The molecule has 0 N–H and O–H groups in total. The quantitative estimate of drug-likeness (QED) is 0.152. The Bertz CT molecular complexity index is 3550. The van der Waals surface area contributed by atoms with Crippen LogP contribution in [0, 0.1) is 0 Å². The second-order valence-corrected chi connectivity index (χ2v) is 19.4. The molecule has 0 atom stereocenters.